The summed E-state index contributed by atoms with van der Waals surface area (Å²) in [5.74, 6) is 0. The van der Waals surface area contributed by atoms with Crippen LogP contribution in [0.3, 0.4) is 0 Å². The van der Waals surface area contributed by atoms with E-state index >= 15 is 0 Å². The molecular weight excluding hydrogens is 138 g/mol. The van der Waals surface area contributed by atoms with Gasteiger partial charge in [0.25, 0.3) is 8.05 Å². The van der Waals surface area contributed by atoms with E-state index in [1.807, 2.05) is 0 Å². The van der Waals surface area contributed by atoms with E-state index in [-0.39, 0.29) is 6.61 Å². The molecular formula is C3H8B2O5. The van der Waals surface area contributed by atoms with Gasteiger partial charge in [0.05, 0.1) is 19.3 Å². The second kappa shape index (κ2) is 5.69. The third-order valence-corrected chi connectivity index (χ3v) is 0.758. The van der Waals surface area contributed by atoms with Crippen LogP contribution in [0, 0.1) is 0 Å². The van der Waals surface area contributed by atoms with Crippen molar-refractivity contribution in [1.82, 2.24) is 0 Å². The summed E-state index contributed by atoms with van der Waals surface area (Å²) in [5, 5.41) is 25.3. The van der Waals surface area contributed by atoms with E-state index in [0.29, 0.717) is 0 Å². The number of aliphatic hydroxyl groups is 2. The van der Waals surface area contributed by atoms with Gasteiger partial charge in [-0.05, 0) is 0 Å². The third-order valence-electron chi connectivity index (χ3n) is 0.758. The lowest BCUT2D eigenvalue weighted by Gasteiger charge is -2.08. The van der Waals surface area contributed by atoms with Crippen LogP contribution in [0.4, 0.5) is 0 Å². The molecule has 5 nitrogen and oxygen atoms in total. The number of hydrogen-bond acceptors (Lipinski definition) is 5. The minimum absolute atomic E-state index is 0.227. The van der Waals surface area contributed by atoms with Gasteiger partial charge in [-0.3, -0.25) is 0 Å². The molecule has 0 aromatic carbocycles. The lowest BCUT2D eigenvalue weighted by Crippen LogP contribution is -2.28. The Morgan fingerprint density at radius 3 is 2.60 bits per heavy atom. The van der Waals surface area contributed by atoms with Gasteiger partial charge in [0, 0.05) is 0 Å². The minimum atomic E-state index is -1.55. The molecule has 0 bridgehead atoms. The SMILES string of the molecule is [B]OB(O)OCC(O)CO. The minimum Gasteiger partial charge on any atom is -0.457 e. The van der Waals surface area contributed by atoms with E-state index in [9.17, 15) is 0 Å². The summed E-state index contributed by atoms with van der Waals surface area (Å²) in [6, 6.07) is 0. The van der Waals surface area contributed by atoms with Gasteiger partial charge in [-0.2, -0.15) is 0 Å². The Morgan fingerprint density at radius 2 is 2.20 bits per heavy atom. The smallest absolute Gasteiger partial charge is 0.457 e. The molecule has 0 aliphatic heterocycles. The first-order valence-electron chi connectivity index (χ1n) is 2.64. The van der Waals surface area contributed by atoms with Crippen LogP contribution in [0.15, 0.2) is 0 Å². The number of aliphatic hydroxyl groups excluding tert-OH is 2. The first kappa shape index (κ1) is 9.93. The summed E-state index contributed by atoms with van der Waals surface area (Å²) in [4.78, 5) is 0. The highest BCUT2D eigenvalue weighted by molar-refractivity contribution is 6.40. The van der Waals surface area contributed by atoms with Crippen molar-refractivity contribution in [2.75, 3.05) is 13.2 Å². The van der Waals surface area contributed by atoms with Crippen molar-refractivity contribution in [3.63, 3.8) is 0 Å². The van der Waals surface area contributed by atoms with E-state index in [1.165, 1.54) is 0 Å². The van der Waals surface area contributed by atoms with Crippen molar-refractivity contribution in [2.45, 2.75) is 6.10 Å². The van der Waals surface area contributed by atoms with Crippen molar-refractivity contribution in [3.8, 4) is 0 Å². The van der Waals surface area contributed by atoms with E-state index in [1.54, 1.807) is 0 Å². The summed E-state index contributed by atoms with van der Waals surface area (Å²) in [6.07, 6.45) is -1.02. The molecule has 56 valence electrons. The highest BCUT2D eigenvalue weighted by Crippen LogP contribution is 1.85. The third kappa shape index (κ3) is 4.78. The first-order valence-corrected chi connectivity index (χ1v) is 2.64. The van der Waals surface area contributed by atoms with E-state index in [2.05, 4.69) is 17.3 Å². The molecule has 0 saturated heterocycles. The molecule has 0 aromatic heterocycles. The maximum atomic E-state index is 8.62. The number of hydrogen-bond donors (Lipinski definition) is 3. The molecule has 1 atom stereocenters. The molecule has 0 spiro atoms. The Kier molecular flexibility index (Phi) is 5.66. The van der Waals surface area contributed by atoms with Gasteiger partial charge in [-0.15, -0.1) is 0 Å². The van der Waals surface area contributed by atoms with Gasteiger partial charge in [0.2, 0.25) is 0 Å². The fraction of sp³-hybridized carbons (Fsp3) is 1.00. The van der Waals surface area contributed by atoms with Gasteiger partial charge in [-0.25, -0.2) is 0 Å². The molecule has 0 saturated carbocycles. The summed E-state index contributed by atoms with van der Waals surface area (Å²) < 4.78 is 8.13. The van der Waals surface area contributed by atoms with Crippen LogP contribution in [0.25, 0.3) is 0 Å². The molecule has 0 aliphatic rings. The number of rotatable bonds is 5. The molecule has 0 fully saturated rings. The van der Waals surface area contributed by atoms with Crippen LogP contribution >= 0.6 is 0 Å². The van der Waals surface area contributed by atoms with Crippen LogP contribution < -0.4 is 0 Å². The lowest BCUT2D eigenvalue weighted by molar-refractivity contribution is 0.0382. The van der Waals surface area contributed by atoms with Crippen LogP contribution in [0.1, 0.15) is 0 Å². The zero-order valence-corrected chi connectivity index (χ0v) is 5.30. The molecule has 3 N–H and O–H groups in total. The van der Waals surface area contributed by atoms with E-state index < -0.39 is 20.0 Å². The summed E-state index contributed by atoms with van der Waals surface area (Å²) >= 11 is 0. The Balaban J connectivity index is 3.17. The summed E-state index contributed by atoms with van der Waals surface area (Å²) in [7, 11) is 2.93. The average Bonchev–Trinajstić information content (AvgIpc) is 1.99. The monoisotopic (exact) mass is 146 g/mol. The Morgan fingerprint density at radius 1 is 1.60 bits per heavy atom. The standard InChI is InChI=1S/C3H8B2O5/c4-10-5(8)9-2-3(7)1-6/h3,6-8H,1-2H2. The van der Waals surface area contributed by atoms with E-state index in [4.69, 9.17) is 15.2 Å². The largest absolute Gasteiger partial charge is 0.620 e. The first-order chi connectivity index (χ1) is 4.70. The Labute approximate surface area is 60.2 Å². The van der Waals surface area contributed by atoms with Crippen LogP contribution in [-0.4, -0.2) is 49.9 Å². The fourth-order valence-electron chi connectivity index (χ4n) is 0.285. The quantitative estimate of drug-likeness (QED) is 0.371. The van der Waals surface area contributed by atoms with Crippen LogP contribution in [0.5, 0.6) is 0 Å². The maximum absolute atomic E-state index is 8.62. The highest BCUT2D eigenvalue weighted by atomic mass is 16.7. The van der Waals surface area contributed by atoms with Crippen LogP contribution in [-0.2, 0) is 9.23 Å². The molecule has 10 heavy (non-hydrogen) atoms. The van der Waals surface area contributed by atoms with Crippen molar-refractivity contribution in [2.24, 2.45) is 0 Å². The normalized spacial score (nSPS) is 13.1. The molecule has 0 amide bonds. The van der Waals surface area contributed by atoms with Gasteiger partial charge in [0.15, 0.2) is 0 Å². The molecule has 0 heterocycles. The molecule has 0 aliphatic carbocycles. The predicted molar refractivity (Wildman–Crippen MR) is 33.9 cm³/mol. The fourth-order valence-corrected chi connectivity index (χ4v) is 0.285. The summed E-state index contributed by atoms with van der Waals surface area (Å²) in [6.45, 7) is -0.661. The molecule has 0 rings (SSSR count). The zero-order valence-electron chi connectivity index (χ0n) is 5.30. The highest BCUT2D eigenvalue weighted by Gasteiger charge is 2.13. The van der Waals surface area contributed by atoms with Crippen molar-refractivity contribution in [1.29, 1.82) is 0 Å². The van der Waals surface area contributed by atoms with Gasteiger partial charge < -0.3 is 24.5 Å². The maximum Gasteiger partial charge on any atom is 0.620 e. The molecule has 7 heteroatoms. The van der Waals surface area contributed by atoms with Crippen molar-refractivity contribution >= 4 is 15.4 Å². The van der Waals surface area contributed by atoms with Crippen LogP contribution in [0.2, 0.25) is 0 Å². The molecule has 1 unspecified atom stereocenters. The average molecular weight is 146 g/mol. The lowest BCUT2D eigenvalue weighted by atomic mass is 10.2. The van der Waals surface area contributed by atoms with Gasteiger partial charge in [0.1, 0.15) is 0 Å². The van der Waals surface area contributed by atoms with Crippen molar-refractivity contribution < 1.29 is 24.5 Å². The second-order valence-corrected chi connectivity index (χ2v) is 1.61. The van der Waals surface area contributed by atoms with E-state index in [0.717, 1.165) is 0 Å². The summed E-state index contributed by atoms with van der Waals surface area (Å²) in [5.41, 5.74) is 0. The molecule has 0 aromatic rings. The Bertz CT molecular complexity index is 71.3. The second-order valence-electron chi connectivity index (χ2n) is 1.61. The van der Waals surface area contributed by atoms with Gasteiger partial charge in [-0.1, -0.05) is 0 Å². The zero-order chi connectivity index (χ0) is 7.98. The predicted octanol–water partition coefficient (Wildman–Crippen LogP) is -2.57. The van der Waals surface area contributed by atoms with Gasteiger partial charge >= 0.3 is 7.32 Å². The topological polar surface area (TPSA) is 79.2 Å². The Hall–Kier alpha value is -0.0701. The van der Waals surface area contributed by atoms with Crippen molar-refractivity contribution in [3.05, 3.63) is 0 Å². The molecule has 2 radical (unpaired) electrons.